The van der Waals surface area contributed by atoms with Gasteiger partial charge in [-0.1, -0.05) is 40.9 Å². The fraction of sp³-hybridized carbons (Fsp3) is 0.700. The molecule has 0 aromatic rings. The summed E-state index contributed by atoms with van der Waals surface area (Å²) in [6, 6.07) is -0.0631. The molecule has 1 heterocycles. The lowest BCUT2D eigenvalue weighted by molar-refractivity contribution is -0.120. The average molecular weight is 286 g/mol. The molecule has 1 aliphatic rings. The zero-order valence-corrected chi connectivity index (χ0v) is 11.5. The van der Waals surface area contributed by atoms with Gasteiger partial charge in [-0.15, -0.1) is 0 Å². The summed E-state index contributed by atoms with van der Waals surface area (Å²) in [6.07, 6.45) is 2.94. The molecular weight excluding hydrogens is 270 g/mol. The van der Waals surface area contributed by atoms with Crippen molar-refractivity contribution < 1.29 is 4.79 Å². The van der Waals surface area contributed by atoms with Crippen LogP contribution < -0.4 is 5.32 Å². The molecule has 1 atom stereocenters. The van der Waals surface area contributed by atoms with Crippen molar-refractivity contribution in [3.63, 3.8) is 0 Å². The molecule has 0 spiro atoms. The Bertz CT molecular complexity index is 299. The van der Waals surface area contributed by atoms with Gasteiger partial charge in [-0.3, -0.25) is 4.79 Å². The number of piperidine rings is 1. The smallest absolute Gasteiger partial charge is 0.272 e. The Morgan fingerprint density at radius 2 is 2.19 bits per heavy atom. The Kier molecular flexibility index (Phi) is 4.92. The number of likely N-dealkylation sites (N-methyl/N-ethyl adjacent to an activating group) is 1. The van der Waals surface area contributed by atoms with E-state index in [1.54, 1.807) is 0 Å². The third-order valence-corrected chi connectivity index (χ3v) is 3.17. The highest BCUT2D eigenvalue weighted by Crippen LogP contribution is 2.27. The minimum atomic E-state index is -1.89. The molecular formula is C10H15Cl3N2O. The maximum Gasteiger partial charge on any atom is 0.272 e. The number of amides is 1. The number of carbonyl (C=O) groups is 1. The van der Waals surface area contributed by atoms with Crippen molar-refractivity contribution in [1.29, 1.82) is 0 Å². The summed E-state index contributed by atoms with van der Waals surface area (Å²) in [6.45, 7) is 3.68. The van der Waals surface area contributed by atoms with Gasteiger partial charge in [0, 0.05) is 13.1 Å². The molecule has 0 bridgehead atoms. The molecule has 3 nitrogen and oxygen atoms in total. The van der Waals surface area contributed by atoms with Crippen molar-refractivity contribution in [2.24, 2.45) is 0 Å². The normalized spacial score (nSPS) is 25.8. The second kappa shape index (κ2) is 5.58. The third-order valence-electron chi connectivity index (χ3n) is 2.66. The van der Waals surface area contributed by atoms with Gasteiger partial charge in [0.25, 0.3) is 9.70 Å². The van der Waals surface area contributed by atoms with Crippen LogP contribution in [0.5, 0.6) is 0 Å². The number of allylic oxidation sites excluding steroid dienone is 1. The van der Waals surface area contributed by atoms with E-state index in [9.17, 15) is 4.79 Å². The molecule has 1 amide bonds. The largest absolute Gasteiger partial charge is 0.345 e. The molecule has 0 radical (unpaired) electrons. The van der Waals surface area contributed by atoms with Crippen molar-refractivity contribution in [2.45, 2.75) is 23.2 Å². The van der Waals surface area contributed by atoms with Crippen LogP contribution in [0.4, 0.5) is 0 Å². The minimum absolute atomic E-state index is 0.0631. The number of alkyl halides is 3. The van der Waals surface area contributed by atoms with E-state index in [2.05, 4.69) is 10.2 Å². The molecule has 0 aromatic heterocycles. The fourth-order valence-electron chi connectivity index (χ4n) is 1.74. The highest BCUT2D eigenvalue weighted by molar-refractivity contribution is 6.76. The van der Waals surface area contributed by atoms with Crippen LogP contribution in [-0.2, 0) is 4.79 Å². The zero-order valence-electron chi connectivity index (χ0n) is 9.27. The van der Waals surface area contributed by atoms with Crippen LogP contribution in [0.2, 0.25) is 0 Å². The van der Waals surface area contributed by atoms with E-state index >= 15 is 0 Å². The molecule has 0 aliphatic carbocycles. The summed E-state index contributed by atoms with van der Waals surface area (Å²) < 4.78 is -1.89. The Hall–Kier alpha value is 0.0400. The second-order valence-electron chi connectivity index (χ2n) is 3.90. The van der Waals surface area contributed by atoms with Crippen molar-refractivity contribution in [1.82, 2.24) is 10.2 Å². The van der Waals surface area contributed by atoms with E-state index in [0.717, 1.165) is 19.5 Å². The molecule has 92 valence electrons. The maximum absolute atomic E-state index is 11.5. The quantitative estimate of drug-likeness (QED) is 0.591. The average Bonchev–Trinajstić information content (AvgIpc) is 2.16. The Morgan fingerprint density at radius 3 is 2.69 bits per heavy atom. The van der Waals surface area contributed by atoms with Crippen LogP contribution in [0.25, 0.3) is 0 Å². The molecule has 1 aliphatic heterocycles. The SMILES string of the molecule is C/C=C1\CCN(C)CC1NC(=O)C(Cl)(Cl)Cl. The molecule has 1 unspecified atom stereocenters. The van der Waals surface area contributed by atoms with Gasteiger partial charge in [-0.25, -0.2) is 0 Å². The van der Waals surface area contributed by atoms with Crippen LogP contribution in [0.1, 0.15) is 13.3 Å². The van der Waals surface area contributed by atoms with E-state index in [1.165, 1.54) is 5.57 Å². The van der Waals surface area contributed by atoms with Crippen LogP contribution in [0.15, 0.2) is 11.6 Å². The maximum atomic E-state index is 11.5. The number of likely N-dealkylation sites (tertiary alicyclic amines) is 1. The molecule has 1 saturated heterocycles. The lowest BCUT2D eigenvalue weighted by atomic mass is 9.98. The summed E-state index contributed by atoms with van der Waals surface area (Å²) in [4.78, 5) is 13.7. The Labute approximate surface area is 111 Å². The van der Waals surface area contributed by atoms with Crippen molar-refractivity contribution in [3.8, 4) is 0 Å². The summed E-state index contributed by atoms with van der Waals surface area (Å²) in [5, 5.41) is 2.75. The first kappa shape index (κ1) is 14.1. The van der Waals surface area contributed by atoms with Crippen molar-refractivity contribution in [3.05, 3.63) is 11.6 Å². The van der Waals surface area contributed by atoms with Gasteiger partial charge in [-0.05, 0) is 26.0 Å². The minimum Gasteiger partial charge on any atom is -0.345 e. The molecule has 1 N–H and O–H groups in total. The standard InChI is InChI=1S/C10H15Cl3N2O/c1-3-7-4-5-15(2)6-8(7)14-9(16)10(11,12)13/h3,8H,4-6H2,1-2H3,(H,14,16)/b7-3+. The van der Waals surface area contributed by atoms with E-state index in [-0.39, 0.29) is 6.04 Å². The number of nitrogens with zero attached hydrogens (tertiary/aromatic N) is 1. The summed E-state index contributed by atoms with van der Waals surface area (Å²) in [5.41, 5.74) is 1.18. The number of carbonyl (C=O) groups excluding carboxylic acids is 1. The first-order valence-electron chi connectivity index (χ1n) is 5.06. The molecule has 1 rings (SSSR count). The summed E-state index contributed by atoms with van der Waals surface area (Å²) >= 11 is 16.5. The van der Waals surface area contributed by atoms with Crippen molar-refractivity contribution in [2.75, 3.05) is 20.1 Å². The number of hydrogen-bond acceptors (Lipinski definition) is 2. The molecule has 1 fully saturated rings. The lowest BCUT2D eigenvalue weighted by Crippen LogP contribution is -2.50. The van der Waals surface area contributed by atoms with Crippen LogP contribution in [-0.4, -0.2) is 40.8 Å². The number of rotatable bonds is 1. The molecule has 16 heavy (non-hydrogen) atoms. The van der Waals surface area contributed by atoms with Crippen LogP contribution in [0.3, 0.4) is 0 Å². The predicted molar refractivity (Wildman–Crippen MR) is 68.1 cm³/mol. The Morgan fingerprint density at radius 1 is 1.56 bits per heavy atom. The monoisotopic (exact) mass is 284 g/mol. The highest BCUT2D eigenvalue weighted by atomic mass is 35.6. The van der Waals surface area contributed by atoms with Crippen molar-refractivity contribution >= 4 is 40.7 Å². The fourth-order valence-corrected chi connectivity index (χ4v) is 1.90. The van der Waals surface area contributed by atoms with Crippen LogP contribution in [0, 0.1) is 0 Å². The molecule has 0 saturated carbocycles. The van der Waals surface area contributed by atoms with Gasteiger partial charge in [0.15, 0.2) is 0 Å². The lowest BCUT2D eigenvalue weighted by Gasteiger charge is -2.33. The summed E-state index contributed by atoms with van der Waals surface area (Å²) in [7, 11) is 2.00. The number of hydrogen-bond donors (Lipinski definition) is 1. The number of halogens is 3. The van der Waals surface area contributed by atoms with E-state index in [1.807, 2.05) is 20.0 Å². The van der Waals surface area contributed by atoms with E-state index in [0.29, 0.717) is 0 Å². The third kappa shape index (κ3) is 3.81. The topological polar surface area (TPSA) is 32.3 Å². The number of nitrogens with one attached hydrogen (secondary N) is 1. The second-order valence-corrected chi connectivity index (χ2v) is 6.18. The van der Waals surface area contributed by atoms with E-state index < -0.39 is 9.70 Å². The molecule has 6 heteroatoms. The first-order valence-corrected chi connectivity index (χ1v) is 6.19. The summed E-state index contributed by atoms with van der Waals surface area (Å²) in [5.74, 6) is -0.572. The zero-order chi connectivity index (χ0) is 12.3. The first-order chi connectivity index (χ1) is 7.34. The molecule has 0 aromatic carbocycles. The van der Waals surface area contributed by atoms with Gasteiger partial charge in [0.2, 0.25) is 0 Å². The van der Waals surface area contributed by atoms with Gasteiger partial charge >= 0.3 is 0 Å². The van der Waals surface area contributed by atoms with Gasteiger partial charge in [-0.2, -0.15) is 0 Å². The van der Waals surface area contributed by atoms with Gasteiger partial charge in [0.05, 0.1) is 6.04 Å². The highest BCUT2D eigenvalue weighted by Gasteiger charge is 2.34. The van der Waals surface area contributed by atoms with E-state index in [4.69, 9.17) is 34.8 Å². The van der Waals surface area contributed by atoms with Gasteiger partial charge in [0.1, 0.15) is 0 Å². The van der Waals surface area contributed by atoms with Gasteiger partial charge < -0.3 is 10.2 Å². The van der Waals surface area contributed by atoms with Crippen LogP contribution >= 0.6 is 34.8 Å². The Balaban J connectivity index is 2.67. The predicted octanol–water partition coefficient (Wildman–Crippen LogP) is 2.12.